The van der Waals surface area contributed by atoms with Crippen molar-refractivity contribution in [3.63, 3.8) is 0 Å². The number of rotatable bonds is 2. The van der Waals surface area contributed by atoms with E-state index < -0.39 is 0 Å². The van der Waals surface area contributed by atoms with Crippen LogP contribution in [0.5, 0.6) is 0 Å². The predicted octanol–water partition coefficient (Wildman–Crippen LogP) is 1.38. The molecule has 0 atom stereocenters. The molecule has 1 aromatic rings. The standard InChI is InChI=1S/C10H11ClN2O2/c1-8(14)12-13(7-11)10(15)9-5-3-2-4-6-9/h2-6H,7H2,1H3,(H,12,14). The lowest BCUT2D eigenvalue weighted by Gasteiger charge is -2.19. The summed E-state index contributed by atoms with van der Waals surface area (Å²) in [4.78, 5) is 22.5. The lowest BCUT2D eigenvalue weighted by molar-refractivity contribution is -0.122. The van der Waals surface area contributed by atoms with Gasteiger partial charge in [0.25, 0.3) is 5.91 Å². The minimum atomic E-state index is -0.333. The van der Waals surface area contributed by atoms with Gasteiger partial charge in [-0.2, -0.15) is 0 Å². The number of benzene rings is 1. The van der Waals surface area contributed by atoms with Gasteiger partial charge in [-0.1, -0.05) is 18.2 Å². The summed E-state index contributed by atoms with van der Waals surface area (Å²) in [5.41, 5.74) is 2.82. The average Bonchev–Trinajstić information content (AvgIpc) is 2.26. The maximum Gasteiger partial charge on any atom is 0.273 e. The van der Waals surface area contributed by atoms with Crippen molar-refractivity contribution >= 4 is 23.4 Å². The van der Waals surface area contributed by atoms with Crippen LogP contribution in [0.25, 0.3) is 0 Å². The fourth-order valence-corrected chi connectivity index (χ4v) is 1.23. The van der Waals surface area contributed by atoms with Crippen molar-refractivity contribution in [3.8, 4) is 0 Å². The predicted molar refractivity (Wildman–Crippen MR) is 57.1 cm³/mol. The molecule has 1 rings (SSSR count). The van der Waals surface area contributed by atoms with Crippen LogP contribution in [0, 0.1) is 0 Å². The van der Waals surface area contributed by atoms with Crippen molar-refractivity contribution in [2.24, 2.45) is 0 Å². The number of alkyl halides is 1. The van der Waals surface area contributed by atoms with Gasteiger partial charge in [-0.3, -0.25) is 15.0 Å². The van der Waals surface area contributed by atoms with E-state index in [0.29, 0.717) is 5.56 Å². The summed E-state index contributed by atoms with van der Waals surface area (Å²) in [5, 5.41) is 1.05. The summed E-state index contributed by atoms with van der Waals surface area (Å²) in [6.45, 7) is 1.32. The van der Waals surface area contributed by atoms with Crippen LogP contribution >= 0.6 is 11.6 Å². The Hall–Kier alpha value is -1.55. The summed E-state index contributed by atoms with van der Waals surface area (Å²) in [5.74, 6) is -0.666. The third-order valence-electron chi connectivity index (χ3n) is 1.68. The first-order valence-corrected chi connectivity index (χ1v) is 4.88. The third-order valence-corrected chi connectivity index (χ3v) is 1.92. The van der Waals surface area contributed by atoms with E-state index in [1.807, 2.05) is 0 Å². The van der Waals surface area contributed by atoms with Gasteiger partial charge in [0, 0.05) is 12.5 Å². The van der Waals surface area contributed by atoms with Gasteiger partial charge in [-0.15, -0.1) is 11.6 Å². The maximum atomic E-state index is 11.7. The first-order valence-electron chi connectivity index (χ1n) is 4.35. The van der Waals surface area contributed by atoms with E-state index in [9.17, 15) is 9.59 Å². The lowest BCUT2D eigenvalue weighted by Crippen LogP contribution is -2.44. The molecule has 0 unspecified atom stereocenters. The molecule has 0 aliphatic heterocycles. The van der Waals surface area contributed by atoms with E-state index in [0.717, 1.165) is 5.01 Å². The van der Waals surface area contributed by atoms with Crippen LogP contribution in [0.4, 0.5) is 0 Å². The van der Waals surface area contributed by atoms with Crippen molar-refractivity contribution in [2.75, 3.05) is 6.00 Å². The average molecular weight is 227 g/mol. The van der Waals surface area contributed by atoms with E-state index >= 15 is 0 Å². The van der Waals surface area contributed by atoms with Gasteiger partial charge in [-0.25, -0.2) is 5.01 Å². The number of hydrogen-bond acceptors (Lipinski definition) is 2. The largest absolute Gasteiger partial charge is 0.274 e. The summed E-state index contributed by atoms with van der Waals surface area (Å²) >= 11 is 5.55. The topological polar surface area (TPSA) is 49.4 Å². The first-order chi connectivity index (χ1) is 7.15. The molecular weight excluding hydrogens is 216 g/mol. The minimum Gasteiger partial charge on any atom is -0.274 e. The van der Waals surface area contributed by atoms with Gasteiger partial charge in [0.1, 0.15) is 6.00 Å². The summed E-state index contributed by atoms with van der Waals surface area (Å²) in [6, 6.07) is 8.52. The Labute approximate surface area is 92.8 Å². The van der Waals surface area contributed by atoms with Gasteiger partial charge >= 0.3 is 0 Å². The fraction of sp³-hybridized carbons (Fsp3) is 0.200. The molecule has 2 amide bonds. The number of hydrogen-bond donors (Lipinski definition) is 1. The van der Waals surface area contributed by atoms with Crippen LogP contribution in [0.2, 0.25) is 0 Å². The molecule has 1 N–H and O–H groups in total. The zero-order chi connectivity index (χ0) is 11.3. The molecule has 0 saturated carbocycles. The molecular formula is C10H11ClN2O2. The van der Waals surface area contributed by atoms with Crippen LogP contribution in [0.3, 0.4) is 0 Å². The zero-order valence-corrected chi connectivity index (χ0v) is 8.99. The molecule has 0 fully saturated rings. The van der Waals surface area contributed by atoms with Crippen molar-refractivity contribution in [1.29, 1.82) is 0 Å². The highest BCUT2D eigenvalue weighted by Crippen LogP contribution is 2.03. The zero-order valence-electron chi connectivity index (χ0n) is 8.24. The second kappa shape index (κ2) is 5.36. The van der Waals surface area contributed by atoms with Crippen LogP contribution in [-0.4, -0.2) is 22.8 Å². The SMILES string of the molecule is CC(=O)NN(CCl)C(=O)c1ccccc1. The molecule has 5 heteroatoms. The summed E-state index contributed by atoms with van der Waals surface area (Å²) in [7, 11) is 0. The number of hydrazine groups is 1. The number of carbonyl (C=O) groups excluding carboxylic acids is 2. The van der Waals surface area contributed by atoms with E-state index in [-0.39, 0.29) is 17.8 Å². The van der Waals surface area contributed by atoms with Crippen LogP contribution in [0.15, 0.2) is 30.3 Å². The Morgan fingerprint density at radius 1 is 1.33 bits per heavy atom. The monoisotopic (exact) mass is 226 g/mol. The lowest BCUT2D eigenvalue weighted by atomic mass is 10.2. The summed E-state index contributed by atoms with van der Waals surface area (Å²) < 4.78 is 0. The van der Waals surface area contributed by atoms with Crippen molar-refractivity contribution in [1.82, 2.24) is 10.4 Å². The number of nitrogens with zero attached hydrogens (tertiary/aromatic N) is 1. The second-order valence-electron chi connectivity index (χ2n) is 2.89. The molecule has 0 spiro atoms. The van der Waals surface area contributed by atoms with Crippen molar-refractivity contribution in [2.45, 2.75) is 6.92 Å². The molecule has 0 saturated heterocycles. The smallest absolute Gasteiger partial charge is 0.273 e. The number of nitrogens with one attached hydrogen (secondary N) is 1. The normalized spacial score (nSPS) is 9.47. The Morgan fingerprint density at radius 2 is 1.93 bits per heavy atom. The molecule has 15 heavy (non-hydrogen) atoms. The molecule has 0 radical (unpaired) electrons. The van der Waals surface area contributed by atoms with Gasteiger partial charge in [-0.05, 0) is 12.1 Å². The molecule has 0 aliphatic rings. The molecule has 0 aliphatic carbocycles. The minimum absolute atomic E-state index is 0.0900. The number of halogens is 1. The van der Waals surface area contributed by atoms with E-state index in [1.165, 1.54) is 6.92 Å². The molecule has 4 nitrogen and oxygen atoms in total. The Kier molecular flexibility index (Phi) is 4.12. The van der Waals surface area contributed by atoms with E-state index in [2.05, 4.69) is 5.43 Å². The highest BCUT2D eigenvalue weighted by molar-refractivity contribution is 6.19. The number of carbonyl (C=O) groups is 2. The third kappa shape index (κ3) is 3.25. The maximum absolute atomic E-state index is 11.7. The Bertz CT molecular complexity index is 354. The number of amides is 2. The highest BCUT2D eigenvalue weighted by Gasteiger charge is 2.14. The van der Waals surface area contributed by atoms with Crippen LogP contribution < -0.4 is 5.43 Å². The second-order valence-corrected chi connectivity index (χ2v) is 3.13. The van der Waals surface area contributed by atoms with Gasteiger partial charge in [0.05, 0.1) is 0 Å². The molecule has 80 valence electrons. The van der Waals surface area contributed by atoms with Crippen molar-refractivity contribution < 1.29 is 9.59 Å². The van der Waals surface area contributed by atoms with Crippen LogP contribution in [-0.2, 0) is 4.79 Å². The highest BCUT2D eigenvalue weighted by atomic mass is 35.5. The quantitative estimate of drug-likeness (QED) is 0.471. The summed E-state index contributed by atoms with van der Waals surface area (Å²) in [6.07, 6.45) is 0. The van der Waals surface area contributed by atoms with E-state index in [1.54, 1.807) is 30.3 Å². The van der Waals surface area contributed by atoms with E-state index in [4.69, 9.17) is 11.6 Å². The van der Waals surface area contributed by atoms with Gasteiger partial charge in [0.2, 0.25) is 5.91 Å². The van der Waals surface area contributed by atoms with Gasteiger partial charge in [0.15, 0.2) is 0 Å². The first kappa shape index (κ1) is 11.5. The fourth-order valence-electron chi connectivity index (χ4n) is 1.06. The van der Waals surface area contributed by atoms with Gasteiger partial charge < -0.3 is 0 Å². The van der Waals surface area contributed by atoms with Crippen molar-refractivity contribution in [3.05, 3.63) is 35.9 Å². The van der Waals surface area contributed by atoms with Crippen LogP contribution in [0.1, 0.15) is 17.3 Å². The molecule has 1 aromatic carbocycles. The molecule has 0 heterocycles. The Morgan fingerprint density at radius 3 is 2.40 bits per heavy atom. The molecule has 0 bridgehead atoms. The molecule has 0 aromatic heterocycles. The Balaban J connectivity index is 2.78.